The fraction of sp³-hybridized carbons (Fsp3) is 0.778. The van der Waals surface area contributed by atoms with Gasteiger partial charge in [0.25, 0.3) is 0 Å². The Balaban J connectivity index is 2.08. The third-order valence-corrected chi connectivity index (χ3v) is 3.49. The third-order valence-electron chi connectivity index (χ3n) is 3.11. The summed E-state index contributed by atoms with van der Waals surface area (Å²) in [5.74, 6) is 0.0145. The second-order valence-corrected chi connectivity index (χ2v) is 4.25. The molecular formula is C9H12NO2S-. The van der Waals surface area contributed by atoms with Gasteiger partial charge in [-0.15, -0.1) is 0 Å². The Morgan fingerprint density at radius 1 is 1.23 bits per heavy atom. The van der Waals surface area contributed by atoms with Crippen molar-refractivity contribution in [3.8, 4) is 0 Å². The summed E-state index contributed by atoms with van der Waals surface area (Å²) in [7, 11) is 0. The lowest BCUT2D eigenvalue weighted by atomic mass is 9.90. The monoisotopic (exact) mass is 198 g/mol. The third kappa shape index (κ3) is 1.47. The fourth-order valence-electron chi connectivity index (χ4n) is 2.36. The van der Waals surface area contributed by atoms with Crippen LogP contribution in [-0.2, 0) is 22.4 Å². The average molecular weight is 198 g/mol. The van der Waals surface area contributed by atoms with E-state index in [1.165, 1.54) is 12.8 Å². The van der Waals surface area contributed by atoms with Crippen LogP contribution in [0.4, 0.5) is 0 Å². The predicted octanol–water partition coefficient (Wildman–Crippen LogP) is 1.01. The highest BCUT2D eigenvalue weighted by Gasteiger charge is 2.38. The molecule has 13 heavy (non-hydrogen) atoms. The second kappa shape index (κ2) is 3.33. The van der Waals surface area contributed by atoms with Crippen LogP contribution in [0.1, 0.15) is 32.1 Å². The lowest BCUT2D eigenvalue weighted by molar-refractivity contribution is -0.133. The minimum absolute atomic E-state index is 0.0903. The van der Waals surface area contributed by atoms with E-state index in [1.54, 1.807) is 0 Å². The summed E-state index contributed by atoms with van der Waals surface area (Å²) >= 11 is 4.69. The number of amides is 2. The van der Waals surface area contributed by atoms with Gasteiger partial charge in [-0.1, -0.05) is 12.8 Å². The van der Waals surface area contributed by atoms with Gasteiger partial charge in [0, 0.05) is 12.3 Å². The Labute approximate surface area is 83.0 Å². The molecule has 4 heteroatoms. The summed E-state index contributed by atoms with van der Waals surface area (Å²) < 4.78 is 0.878. The van der Waals surface area contributed by atoms with Crippen molar-refractivity contribution in [3.63, 3.8) is 0 Å². The van der Waals surface area contributed by atoms with Gasteiger partial charge in [-0.2, -0.15) is 0 Å². The van der Waals surface area contributed by atoms with Crippen molar-refractivity contribution in [2.75, 3.05) is 0 Å². The average Bonchev–Trinajstić information content (AvgIpc) is 2.70. The molecule has 0 N–H and O–H groups in total. The van der Waals surface area contributed by atoms with E-state index in [-0.39, 0.29) is 17.7 Å². The first-order valence-corrected chi connectivity index (χ1v) is 5.10. The fourth-order valence-corrected chi connectivity index (χ4v) is 2.57. The first-order chi connectivity index (χ1) is 6.20. The van der Waals surface area contributed by atoms with Crippen molar-refractivity contribution in [2.24, 2.45) is 11.8 Å². The minimum atomic E-state index is -0.183. The van der Waals surface area contributed by atoms with Crippen molar-refractivity contribution in [3.05, 3.63) is 0 Å². The number of hydrogen-bond acceptors (Lipinski definition) is 3. The van der Waals surface area contributed by atoms with Crippen molar-refractivity contribution < 1.29 is 9.59 Å². The first-order valence-electron chi connectivity index (χ1n) is 4.74. The molecule has 0 aromatic heterocycles. The van der Waals surface area contributed by atoms with E-state index in [4.69, 9.17) is 12.8 Å². The summed E-state index contributed by atoms with van der Waals surface area (Å²) in [6.45, 7) is 0. The molecule has 0 bridgehead atoms. The molecule has 3 nitrogen and oxygen atoms in total. The van der Waals surface area contributed by atoms with Crippen LogP contribution in [-0.4, -0.2) is 16.1 Å². The van der Waals surface area contributed by atoms with Gasteiger partial charge in [0.05, 0.1) is 0 Å². The zero-order valence-corrected chi connectivity index (χ0v) is 8.18. The molecule has 1 aliphatic carbocycles. The lowest BCUT2D eigenvalue weighted by Gasteiger charge is -2.22. The molecule has 0 aromatic carbocycles. The maximum absolute atomic E-state index is 11.5. The summed E-state index contributed by atoms with van der Waals surface area (Å²) in [6, 6.07) is 0. The molecule has 72 valence electrons. The number of rotatable bonds is 1. The van der Waals surface area contributed by atoms with E-state index in [1.807, 2.05) is 0 Å². The largest absolute Gasteiger partial charge is 0.655 e. The number of imide groups is 1. The Hall–Kier alpha value is -0.510. The van der Waals surface area contributed by atoms with Gasteiger partial charge in [0.2, 0.25) is 11.8 Å². The van der Waals surface area contributed by atoms with Crippen LogP contribution in [0.25, 0.3) is 0 Å². The van der Waals surface area contributed by atoms with E-state index in [0.717, 1.165) is 17.1 Å². The van der Waals surface area contributed by atoms with Gasteiger partial charge in [-0.25, -0.2) is 0 Å². The number of carbonyl (C=O) groups excluding carboxylic acids is 2. The smallest absolute Gasteiger partial charge is 0.210 e. The second-order valence-electron chi connectivity index (χ2n) is 3.88. The molecule has 2 rings (SSSR count). The molecule has 0 spiro atoms. The topological polar surface area (TPSA) is 37.4 Å². The van der Waals surface area contributed by atoms with Crippen LogP contribution in [0, 0.1) is 11.8 Å². The van der Waals surface area contributed by atoms with Crippen LogP contribution in [0.15, 0.2) is 0 Å². The van der Waals surface area contributed by atoms with Gasteiger partial charge in [-0.05, 0) is 18.8 Å². The summed E-state index contributed by atoms with van der Waals surface area (Å²) in [4.78, 5) is 22.7. The standard InChI is InChI=1S/C9H12NO2S/c11-8-5-7(9(12)10(8)13)6-3-1-2-4-6/h6-7H,1-5H2/q-1. The van der Waals surface area contributed by atoms with Crippen LogP contribution in [0.5, 0.6) is 0 Å². The molecule has 1 saturated heterocycles. The molecular weight excluding hydrogens is 186 g/mol. The van der Waals surface area contributed by atoms with Gasteiger partial charge in [0.1, 0.15) is 0 Å². The Morgan fingerprint density at radius 3 is 2.31 bits per heavy atom. The highest BCUT2D eigenvalue weighted by atomic mass is 32.1. The number of nitrogens with zero attached hydrogens (tertiary/aromatic N) is 1. The van der Waals surface area contributed by atoms with E-state index >= 15 is 0 Å². The highest BCUT2D eigenvalue weighted by Crippen LogP contribution is 2.36. The zero-order chi connectivity index (χ0) is 9.42. The van der Waals surface area contributed by atoms with E-state index in [9.17, 15) is 9.59 Å². The molecule has 2 aliphatic rings. The minimum Gasteiger partial charge on any atom is -0.655 e. The lowest BCUT2D eigenvalue weighted by Crippen LogP contribution is -2.26. The summed E-state index contributed by atoms with van der Waals surface area (Å²) in [5, 5.41) is 0. The Bertz CT molecular complexity index is 248. The summed E-state index contributed by atoms with van der Waals surface area (Å²) in [6.07, 6.45) is 4.92. The molecule has 1 saturated carbocycles. The quantitative estimate of drug-likeness (QED) is 0.466. The van der Waals surface area contributed by atoms with Crippen molar-refractivity contribution >= 4 is 24.6 Å². The van der Waals surface area contributed by atoms with Crippen molar-refractivity contribution in [1.82, 2.24) is 4.31 Å². The first kappa shape index (κ1) is 9.06. The van der Waals surface area contributed by atoms with E-state index in [0.29, 0.717) is 12.3 Å². The van der Waals surface area contributed by atoms with Gasteiger partial charge in [0.15, 0.2) is 0 Å². The normalized spacial score (nSPS) is 30.5. The van der Waals surface area contributed by atoms with Gasteiger partial charge < -0.3 is 17.1 Å². The SMILES string of the molecule is O=C1CC(C2CCCC2)C(=O)N1[S-]. The van der Waals surface area contributed by atoms with Crippen LogP contribution >= 0.6 is 0 Å². The molecule has 2 amide bonds. The van der Waals surface area contributed by atoms with Crippen LogP contribution in [0.3, 0.4) is 0 Å². The van der Waals surface area contributed by atoms with Gasteiger partial charge >= 0.3 is 0 Å². The van der Waals surface area contributed by atoms with Crippen LogP contribution < -0.4 is 0 Å². The Morgan fingerprint density at radius 2 is 1.85 bits per heavy atom. The van der Waals surface area contributed by atoms with Crippen molar-refractivity contribution in [1.29, 1.82) is 0 Å². The molecule has 1 unspecified atom stereocenters. The van der Waals surface area contributed by atoms with Gasteiger partial charge in [-0.3, -0.25) is 9.59 Å². The zero-order valence-electron chi connectivity index (χ0n) is 7.36. The molecule has 1 atom stereocenters. The molecule has 2 fully saturated rings. The molecule has 1 aliphatic heterocycles. The maximum Gasteiger partial charge on any atom is 0.210 e. The van der Waals surface area contributed by atoms with E-state index in [2.05, 4.69) is 0 Å². The van der Waals surface area contributed by atoms with Crippen molar-refractivity contribution in [2.45, 2.75) is 32.1 Å². The molecule has 1 heterocycles. The molecule has 0 aromatic rings. The highest BCUT2D eigenvalue weighted by molar-refractivity contribution is 7.57. The number of hydrogen-bond donors (Lipinski definition) is 0. The summed E-state index contributed by atoms with van der Waals surface area (Å²) in [5.41, 5.74) is 0. The predicted molar refractivity (Wildman–Crippen MR) is 49.3 cm³/mol. The Kier molecular flexibility index (Phi) is 2.32. The maximum atomic E-state index is 11.5. The number of carbonyl (C=O) groups is 2. The van der Waals surface area contributed by atoms with E-state index < -0.39 is 0 Å². The van der Waals surface area contributed by atoms with Crippen LogP contribution in [0.2, 0.25) is 0 Å². The molecule has 0 radical (unpaired) electrons.